The number of hydrogen-bond donors (Lipinski definition) is 1. The lowest BCUT2D eigenvalue weighted by molar-refractivity contribution is -0.141. The quantitative estimate of drug-likeness (QED) is 0.827. The van der Waals surface area contributed by atoms with Gasteiger partial charge >= 0.3 is 6.18 Å². The summed E-state index contributed by atoms with van der Waals surface area (Å²) in [7, 11) is 0. The van der Waals surface area contributed by atoms with Gasteiger partial charge in [0.2, 0.25) is 5.91 Å². The maximum atomic E-state index is 12.6. The van der Waals surface area contributed by atoms with Crippen LogP contribution in [-0.4, -0.2) is 59.3 Å². The maximum absolute atomic E-state index is 12.6. The predicted molar refractivity (Wildman–Crippen MR) is 99.9 cm³/mol. The summed E-state index contributed by atoms with van der Waals surface area (Å²) in [5.74, 6) is -0.458. The van der Waals surface area contributed by atoms with Crippen LogP contribution in [0, 0.1) is 0 Å². The van der Waals surface area contributed by atoms with Crippen LogP contribution in [0.5, 0.6) is 0 Å². The molecule has 0 unspecified atom stereocenters. The molecule has 1 aromatic heterocycles. The van der Waals surface area contributed by atoms with E-state index in [4.69, 9.17) is 0 Å². The number of amides is 2. The van der Waals surface area contributed by atoms with Crippen molar-refractivity contribution in [2.75, 3.05) is 32.7 Å². The van der Waals surface area contributed by atoms with Crippen molar-refractivity contribution in [3.63, 3.8) is 0 Å². The molecule has 9 heteroatoms. The Kier molecular flexibility index (Phi) is 6.48. The highest BCUT2D eigenvalue weighted by Gasteiger charge is 2.32. The third kappa shape index (κ3) is 5.77. The Hall–Kier alpha value is -2.94. The average Bonchev–Trinajstić information content (AvgIpc) is 2.72. The molecule has 29 heavy (non-hydrogen) atoms. The summed E-state index contributed by atoms with van der Waals surface area (Å²) in [5.41, 5.74) is 0.105. The maximum Gasteiger partial charge on any atom is 0.433 e. The average molecular weight is 406 g/mol. The van der Waals surface area contributed by atoms with E-state index in [0.717, 1.165) is 23.9 Å². The molecule has 1 fully saturated rings. The molecule has 1 saturated heterocycles. The highest BCUT2D eigenvalue weighted by atomic mass is 19.4. The van der Waals surface area contributed by atoms with E-state index in [1.807, 2.05) is 35.2 Å². The van der Waals surface area contributed by atoms with Crippen LogP contribution in [0.1, 0.15) is 21.6 Å². The Labute approximate surface area is 166 Å². The number of benzene rings is 1. The van der Waals surface area contributed by atoms with Crippen molar-refractivity contribution in [3.05, 3.63) is 65.5 Å². The van der Waals surface area contributed by atoms with Gasteiger partial charge in [-0.2, -0.15) is 13.2 Å². The monoisotopic (exact) mass is 406 g/mol. The molecule has 1 N–H and O–H groups in total. The van der Waals surface area contributed by atoms with Gasteiger partial charge in [0.05, 0.1) is 12.1 Å². The number of nitrogens with one attached hydrogen (secondary N) is 1. The molecule has 1 aliphatic heterocycles. The van der Waals surface area contributed by atoms with E-state index in [9.17, 15) is 22.8 Å². The molecule has 0 spiro atoms. The van der Waals surface area contributed by atoms with Crippen LogP contribution in [0.4, 0.5) is 13.2 Å². The van der Waals surface area contributed by atoms with Gasteiger partial charge in [-0.3, -0.25) is 19.5 Å². The molecule has 2 aromatic rings. The number of pyridine rings is 1. The van der Waals surface area contributed by atoms with E-state index in [1.165, 1.54) is 0 Å². The zero-order chi connectivity index (χ0) is 20.9. The standard InChI is InChI=1S/C20H21F3N4O2/c21-20(22,23)17-7-6-16(13-24-17)19(29)27-10-8-26(9-11-27)14-18(28)25-12-15-4-2-1-3-5-15/h1-7,13H,8-12,14H2,(H,25,28). The molecule has 0 bridgehead atoms. The fraction of sp³-hybridized carbons (Fsp3) is 0.350. The van der Waals surface area contributed by atoms with Crippen LogP contribution in [0.3, 0.4) is 0 Å². The molecule has 1 aliphatic rings. The number of piperazine rings is 1. The Bertz CT molecular complexity index is 833. The van der Waals surface area contributed by atoms with Crippen molar-refractivity contribution >= 4 is 11.8 Å². The summed E-state index contributed by atoms with van der Waals surface area (Å²) in [4.78, 5) is 31.4. The van der Waals surface area contributed by atoms with Gasteiger partial charge in [0, 0.05) is 38.9 Å². The van der Waals surface area contributed by atoms with Gasteiger partial charge in [-0.05, 0) is 17.7 Å². The third-order valence-electron chi connectivity index (χ3n) is 4.66. The highest BCUT2D eigenvalue weighted by Crippen LogP contribution is 2.27. The van der Waals surface area contributed by atoms with E-state index >= 15 is 0 Å². The minimum Gasteiger partial charge on any atom is -0.351 e. The van der Waals surface area contributed by atoms with Crippen molar-refractivity contribution in [1.29, 1.82) is 0 Å². The Morgan fingerprint density at radius 3 is 2.28 bits per heavy atom. The van der Waals surface area contributed by atoms with Crippen LogP contribution in [-0.2, 0) is 17.5 Å². The van der Waals surface area contributed by atoms with Crippen molar-refractivity contribution in [3.8, 4) is 0 Å². The zero-order valence-electron chi connectivity index (χ0n) is 15.7. The summed E-state index contributed by atoms with van der Waals surface area (Å²) < 4.78 is 37.7. The molecule has 0 saturated carbocycles. The van der Waals surface area contributed by atoms with E-state index in [0.29, 0.717) is 32.7 Å². The topological polar surface area (TPSA) is 65.5 Å². The first kappa shape index (κ1) is 20.8. The van der Waals surface area contributed by atoms with E-state index in [1.54, 1.807) is 4.90 Å². The van der Waals surface area contributed by atoms with Gasteiger partial charge in [0.15, 0.2) is 0 Å². The molecule has 154 valence electrons. The lowest BCUT2D eigenvalue weighted by atomic mass is 10.2. The van der Waals surface area contributed by atoms with Crippen molar-refractivity contribution < 1.29 is 22.8 Å². The molecule has 3 rings (SSSR count). The number of rotatable bonds is 5. The normalized spacial score (nSPS) is 15.2. The van der Waals surface area contributed by atoms with Gasteiger partial charge < -0.3 is 10.2 Å². The second-order valence-corrected chi connectivity index (χ2v) is 6.76. The molecular formula is C20H21F3N4O2. The van der Waals surface area contributed by atoms with Crippen LogP contribution < -0.4 is 5.32 Å². The number of aromatic nitrogens is 1. The van der Waals surface area contributed by atoms with E-state index < -0.39 is 11.9 Å². The van der Waals surface area contributed by atoms with Crippen LogP contribution in [0.2, 0.25) is 0 Å². The predicted octanol–water partition coefficient (Wildman–Crippen LogP) is 2.17. The third-order valence-corrected chi connectivity index (χ3v) is 4.66. The SMILES string of the molecule is O=C(CN1CCN(C(=O)c2ccc(C(F)(F)F)nc2)CC1)NCc1ccccc1. The summed E-state index contributed by atoms with van der Waals surface area (Å²) in [5, 5.41) is 2.86. The fourth-order valence-corrected chi connectivity index (χ4v) is 3.04. The number of halogens is 3. The summed E-state index contributed by atoms with van der Waals surface area (Å²) in [6.45, 7) is 2.50. The van der Waals surface area contributed by atoms with Crippen molar-refractivity contribution in [2.45, 2.75) is 12.7 Å². The van der Waals surface area contributed by atoms with E-state index in [2.05, 4.69) is 10.3 Å². The largest absolute Gasteiger partial charge is 0.433 e. The van der Waals surface area contributed by atoms with Crippen molar-refractivity contribution in [2.24, 2.45) is 0 Å². The lowest BCUT2D eigenvalue weighted by Gasteiger charge is -2.34. The first-order valence-electron chi connectivity index (χ1n) is 9.18. The molecule has 0 radical (unpaired) electrons. The summed E-state index contributed by atoms with van der Waals surface area (Å²) in [6, 6.07) is 11.5. The van der Waals surface area contributed by atoms with Gasteiger partial charge in [-0.15, -0.1) is 0 Å². The molecule has 0 aliphatic carbocycles. The second-order valence-electron chi connectivity index (χ2n) is 6.76. The molecule has 1 aromatic carbocycles. The van der Waals surface area contributed by atoms with Crippen molar-refractivity contribution in [1.82, 2.24) is 20.1 Å². The molecule has 2 heterocycles. The minimum atomic E-state index is -4.53. The molecule has 6 nitrogen and oxygen atoms in total. The lowest BCUT2D eigenvalue weighted by Crippen LogP contribution is -2.51. The molecule has 0 atom stereocenters. The smallest absolute Gasteiger partial charge is 0.351 e. The Balaban J connectivity index is 1.45. The number of alkyl halides is 3. The minimum absolute atomic E-state index is 0.0967. The number of hydrogen-bond acceptors (Lipinski definition) is 4. The second kappa shape index (κ2) is 9.04. The first-order valence-corrected chi connectivity index (χ1v) is 9.18. The van der Waals surface area contributed by atoms with Gasteiger partial charge in [-0.25, -0.2) is 0 Å². The van der Waals surface area contributed by atoms with Crippen LogP contribution >= 0.6 is 0 Å². The molecular weight excluding hydrogens is 385 g/mol. The first-order chi connectivity index (χ1) is 13.8. The van der Waals surface area contributed by atoms with Gasteiger partial charge in [0.25, 0.3) is 5.91 Å². The molecule has 2 amide bonds. The number of carbonyl (C=O) groups is 2. The van der Waals surface area contributed by atoms with Gasteiger partial charge in [-0.1, -0.05) is 30.3 Å². The fourth-order valence-electron chi connectivity index (χ4n) is 3.04. The highest BCUT2D eigenvalue weighted by molar-refractivity contribution is 5.94. The Morgan fingerprint density at radius 1 is 1.00 bits per heavy atom. The summed E-state index contributed by atoms with van der Waals surface area (Å²) in [6.07, 6.45) is -3.58. The van der Waals surface area contributed by atoms with E-state index in [-0.39, 0.29) is 23.9 Å². The zero-order valence-corrected chi connectivity index (χ0v) is 15.7. The number of carbonyl (C=O) groups excluding carboxylic acids is 2. The Morgan fingerprint density at radius 2 is 1.69 bits per heavy atom. The summed E-state index contributed by atoms with van der Waals surface area (Å²) >= 11 is 0. The van der Waals surface area contributed by atoms with Crippen LogP contribution in [0.25, 0.3) is 0 Å². The van der Waals surface area contributed by atoms with Crippen LogP contribution in [0.15, 0.2) is 48.7 Å². The number of nitrogens with zero attached hydrogens (tertiary/aromatic N) is 3. The van der Waals surface area contributed by atoms with Gasteiger partial charge in [0.1, 0.15) is 5.69 Å².